The van der Waals surface area contributed by atoms with E-state index in [0.29, 0.717) is 19.0 Å². The fourth-order valence-corrected chi connectivity index (χ4v) is 1.57. The Morgan fingerprint density at radius 1 is 1.71 bits per heavy atom. The maximum atomic E-state index is 10.9. The van der Waals surface area contributed by atoms with Gasteiger partial charge in [0.1, 0.15) is 11.4 Å². The Balaban J connectivity index is 2.30. The van der Waals surface area contributed by atoms with Crippen LogP contribution in [0.3, 0.4) is 0 Å². The number of hydrogen-bond donors (Lipinski definition) is 2. The summed E-state index contributed by atoms with van der Waals surface area (Å²) in [4.78, 5) is 10.9. The van der Waals surface area contributed by atoms with Crippen molar-refractivity contribution in [3.05, 3.63) is 11.8 Å². The first-order valence-corrected chi connectivity index (χ1v) is 4.40. The molecule has 1 saturated heterocycles. The molecule has 2 heterocycles. The lowest BCUT2D eigenvalue weighted by Gasteiger charge is -2.09. The Kier molecular flexibility index (Phi) is 2.12. The van der Waals surface area contributed by atoms with Crippen LogP contribution in [0, 0.1) is 0 Å². The van der Waals surface area contributed by atoms with E-state index >= 15 is 0 Å². The van der Waals surface area contributed by atoms with Crippen molar-refractivity contribution in [3.63, 3.8) is 0 Å². The number of ether oxygens (including phenoxy) is 1. The van der Waals surface area contributed by atoms with E-state index in [1.165, 1.54) is 6.20 Å². The second kappa shape index (κ2) is 3.30. The van der Waals surface area contributed by atoms with Crippen LogP contribution in [0.5, 0.6) is 0 Å². The molecule has 0 saturated carbocycles. The fourth-order valence-electron chi connectivity index (χ4n) is 1.57. The van der Waals surface area contributed by atoms with E-state index in [0.717, 1.165) is 6.42 Å². The zero-order valence-electron chi connectivity index (χ0n) is 7.64. The molecule has 1 aromatic rings. The highest BCUT2D eigenvalue weighted by atomic mass is 16.5. The van der Waals surface area contributed by atoms with Gasteiger partial charge in [0.05, 0.1) is 18.8 Å². The standard InChI is InChI=1S/C8H12N4O2/c9-7-6(8(10)13)3-11-12(7)5-1-2-14-4-5/h3,5H,1-2,4,9H2,(H2,10,13)/t5-/m0/s1. The summed E-state index contributed by atoms with van der Waals surface area (Å²) in [6, 6.07) is 0.128. The van der Waals surface area contributed by atoms with Gasteiger partial charge in [0.15, 0.2) is 0 Å². The first-order chi connectivity index (χ1) is 6.70. The predicted octanol–water partition coefficient (Wildman–Crippen LogP) is -0.474. The topological polar surface area (TPSA) is 96.2 Å². The zero-order valence-corrected chi connectivity index (χ0v) is 7.64. The Morgan fingerprint density at radius 2 is 2.50 bits per heavy atom. The molecule has 1 atom stereocenters. The fraction of sp³-hybridized carbons (Fsp3) is 0.500. The summed E-state index contributed by atoms with van der Waals surface area (Å²) in [7, 11) is 0. The van der Waals surface area contributed by atoms with Crippen LogP contribution in [-0.4, -0.2) is 28.9 Å². The summed E-state index contributed by atoms with van der Waals surface area (Å²) in [5.74, 6) is -0.222. The molecule has 0 radical (unpaired) electrons. The SMILES string of the molecule is NC(=O)c1cnn([C@H]2CCOC2)c1N. The van der Waals surface area contributed by atoms with Gasteiger partial charge in [0.2, 0.25) is 0 Å². The number of nitrogens with zero attached hydrogens (tertiary/aromatic N) is 2. The summed E-state index contributed by atoms with van der Waals surface area (Å²) >= 11 is 0. The van der Waals surface area contributed by atoms with Crippen molar-refractivity contribution in [1.29, 1.82) is 0 Å². The van der Waals surface area contributed by atoms with Crippen molar-refractivity contribution in [2.75, 3.05) is 18.9 Å². The van der Waals surface area contributed by atoms with Crippen LogP contribution in [-0.2, 0) is 4.74 Å². The van der Waals surface area contributed by atoms with Crippen LogP contribution >= 0.6 is 0 Å². The molecule has 1 aliphatic heterocycles. The van der Waals surface area contributed by atoms with E-state index in [1.807, 2.05) is 0 Å². The third-order valence-electron chi connectivity index (χ3n) is 2.35. The number of aromatic nitrogens is 2. The van der Waals surface area contributed by atoms with Crippen molar-refractivity contribution in [1.82, 2.24) is 9.78 Å². The summed E-state index contributed by atoms with van der Waals surface area (Å²) in [5, 5.41) is 4.03. The molecule has 6 heteroatoms. The Bertz CT molecular complexity index is 354. The number of hydrogen-bond acceptors (Lipinski definition) is 4. The molecule has 14 heavy (non-hydrogen) atoms. The smallest absolute Gasteiger partial charge is 0.254 e. The molecule has 0 bridgehead atoms. The maximum absolute atomic E-state index is 10.9. The van der Waals surface area contributed by atoms with Crippen LogP contribution in [0.4, 0.5) is 5.82 Å². The van der Waals surface area contributed by atoms with Gasteiger partial charge in [-0.1, -0.05) is 0 Å². The second-order valence-corrected chi connectivity index (χ2v) is 3.27. The number of amides is 1. The van der Waals surface area contributed by atoms with Gasteiger partial charge in [-0.25, -0.2) is 4.68 Å². The Hall–Kier alpha value is -1.56. The summed E-state index contributed by atoms with van der Waals surface area (Å²) < 4.78 is 6.81. The first-order valence-electron chi connectivity index (χ1n) is 4.40. The van der Waals surface area contributed by atoms with Crippen LogP contribution in [0.25, 0.3) is 0 Å². The van der Waals surface area contributed by atoms with Gasteiger partial charge in [0, 0.05) is 6.61 Å². The molecule has 1 amide bonds. The quantitative estimate of drug-likeness (QED) is 0.668. The average molecular weight is 196 g/mol. The van der Waals surface area contributed by atoms with E-state index in [4.69, 9.17) is 16.2 Å². The highest BCUT2D eigenvalue weighted by molar-refractivity contribution is 5.96. The van der Waals surface area contributed by atoms with E-state index in [9.17, 15) is 4.79 Å². The summed E-state index contributed by atoms with van der Waals surface area (Å²) in [6.07, 6.45) is 2.26. The van der Waals surface area contributed by atoms with Gasteiger partial charge < -0.3 is 16.2 Å². The summed E-state index contributed by atoms with van der Waals surface area (Å²) in [5.41, 5.74) is 11.1. The van der Waals surface area contributed by atoms with Crippen molar-refractivity contribution in [3.8, 4) is 0 Å². The van der Waals surface area contributed by atoms with Crippen LogP contribution in [0.1, 0.15) is 22.8 Å². The molecule has 76 valence electrons. The highest BCUT2D eigenvalue weighted by Gasteiger charge is 2.22. The number of nitrogen functional groups attached to an aromatic ring is 1. The number of nitrogens with two attached hydrogens (primary N) is 2. The third-order valence-corrected chi connectivity index (χ3v) is 2.35. The normalized spacial score (nSPS) is 21.3. The van der Waals surface area contributed by atoms with E-state index in [-0.39, 0.29) is 11.6 Å². The van der Waals surface area contributed by atoms with Gasteiger partial charge in [-0.05, 0) is 6.42 Å². The average Bonchev–Trinajstić information content (AvgIpc) is 2.71. The molecule has 1 aromatic heterocycles. The van der Waals surface area contributed by atoms with Crippen LogP contribution in [0.2, 0.25) is 0 Å². The first kappa shape index (κ1) is 9.01. The van der Waals surface area contributed by atoms with Crippen LogP contribution < -0.4 is 11.5 Å². The zero-order chi connectivity index (χ0) is 10.1. The monoisotopic (exact) mass is 196 g/mol. The number of rotatable bonds is 2. The predicted molar refractivity (Wildman–Crippen MR) is 49.6 cm³/mol. The van der Waals surface area contributed by atoms with E-state index < -0.39 is 5.91 Å². The molecule has 1 aliphatic rings. The number of anilines is 1. The molecule has 2 rings (SSSR count). The van der Waals surface area contributed by atoms with Crippen molar-refractivity contribution in [2.24, 2.45) is 5.73 Å². The summed E-state index contributed by atoms with van der Waals surface area (Å²) in [6.45, 7) is 1.29. The van der Waals surface area contributed by atoms with E-state index in [2.05, 4.69) is 5.10 Å². The van der Waals surface area contributed by atoms with Gasteiger partial charge in [-0.2, -0.15) is 5.10 Å². The second-order valence-electron chi connectivity index (χ2n) is 3.27. The van der Waals surface area contributed by atoms with Crippen molar-refractivity contribution >= 4 is 11.7 Å². The van der Waals surface area contributed by atoms with Crippen LogP contribution in [0.15, 0.2) is 6.20 Å². The minimum Gasteiger partial charge on any atom is -0.383 e. The minimum atomic E-state index is -0.548. The Labute approximate surface area is 80.8 Å². The van der Waals surface area contributed by atoms with Crippen molar-refractivity contribution in [2.45, 2.75) is 12.5 Å². The third kappa shape index (κ3) is 1.33. The maximum Gasteiger partial charge on any atom is 0.254 e. The highest BCUT2D eigenvalue weighted by Crippen LogP contribution is 2.22. The minimum absolute atomic E-state index is 0.128. The molecule has 0 unspecified atom stereocenters. The lowest BCUT2D eigenvalue weighted by atomic mass is 10.2. The van der Waals surface area contributed by atoms with Gasteiger partial charge in [0.25, 0.3) is 5.91 Å². The number of primary amides is 1. The lowest BCUT2D eigenvalue weighted by molar-refractivity contribution is 0.100. The van der Waals surface area contributed by atoms with Gasteiger partial charge in [-0.3, -0.25) is 4.79 Å². The Morgan fingerprint density at radius 3 is 3.00 bits per heavy atom. The van der Waals surface area contributed by atoms with E-state index in [1.54, 1.807) is 4.68 Å². The largest absolute Gasteiger partial charge is 0.383 e. The molecule has 0 spiro atoms. The number of carbonyl (C=O) groups excluding carboxylic acids is 1. The van der Waals surface area contributed by atoms with Gasteiger partial charge in [-0.15, -0.1) is 0 Å². The molecule has 0 aromatic carbocycles. The molecule has 1 fully saturated rings. The molecule has 4 N–H and O–H groups in total. The molecule has 0 aliphatic carbocycles. The number of carbonyl (C=O) groups is 1. The molecular formula is C8H12N4O2. The lowest BCUT2D eigenvalue weighted by Crippen LogP contribution is -2.16. The van der Waals surface area contributed by atoms with Crippen molar-refractivity contribution < 1.29 is 9.53 Å². The molecular weight excluding hydrogens is 184 g/mol. The van der Waals surface area contributed by atoms with Gasteiger partial charge >= 0.3 is 0 Å². The molecule has 6 nitrogen and oxygen atoms in total.